The zero-order chi connectivity index (χ0) is 43.6. The van der Waals surface area contributed by atoms with Crippen LogP contribution in [0, 0.1) is 5.92 Å². The number of hydrogen-bond donors (Lipinski definition) is 4. The second-order valence-corrected chi connectivity index (χ2v) is 18.2. The summed E-state index contributed by atoms with van der Waals surface area (Å²) in [5.41, 5.74) is 6.05. The molecule has 0 spiro atoms. The number of fused-ring (bicyclic) bond motifs is 1. The fourth-order valence-electron chi connectivity index (χ4n) is 8.08. The van der Waals surface area contributed by atoms with Crippen LogP contribution in [0.5, 0.6) is 0 Å². The minimum atomic E-state index is -3.42. The van der Waals surface area contributed by atoms with Crippen LogP contribution in [0.15, 0.2) is 61.1 Å². The van der Waals surface area contributed by atoms with Gasteiger partial charge >= 0.3 is 12.2 Å². The Morgan fingerprint density at radius 1 is 0.885 bits per heavy atom. The lowest BCUT2D eigenvalue weighted by molar-refractivity contribution is -0.137. The number of nitrogens with zero attached hydrogens (tertiary/aromatic N) is 7. The molecule has 61 heavy (non-hydrogen) atoms. The number of aromatic nitrogens is 6. The van der Waals surface area contributed by atoms with Crippen LogP contribution in [0.3, 0.4) is 0 Å². The smallest absolute Gasteiger partial charge is 0.407 e. The third kappa shape index (κ3) is 9.35. The third-order valence-electron chi connectivity index (χ3n) is 11.4. The zero-order valence-electron chi connectivity index (χ0n) is 34.7. The van der Waals surface area contributed by atoms with Crippen LogP contribution in [0.25, 0.3) is 44.8 Å². The summed E-state index contributed by atoms with van der Waals surface area (Å²) >= 11 is 0. The van der Waals surface area contributed by atoms with Gasteiger partial charge in [0.05, 0.1) is 65.5 Å². The van der Waals surface area contributed by atoms with E-state index in [1.54, 1.807) is 22.2 Å². The molecule has 5 heterocycles. The minimum absolute atomic E-state index is 0.129. The molecule has 3 aromatic heterocycles. The molecule has 322 valence electrons. The quantitative estimate of drug-likeness (QED) is 0.120. The highest BCUT2D eigenvalue weighted by atomic mass is 32.2. The molecule has 5 aromatic rings. The number of benzene rings is 2. The Labute approximate surface area is 353 Å². The fraction of sp³-hybridized carbons (Fsp3) is 0.429. The second kappa shape index (κ2) is 17.7. The van der Waals surface area contributed by atoms with E-state index in [1.807, 2.05) is 62.5 Å². The van der Waals surface area contributed by atoms with Crippen molar-refractivity contribution in [1.29, 1.82) is 0 Å². The van der Waals surface area contributed by atoms with Crippen LogP contribution in [0.1, 0.15) is 69.7 Å². The summed E-state index contributed by atoms with van der Waals surface area (Å²) in [5, 5.41) is 12.3. The number of likely N-dealkylation sites (N-methyl/N-ethyl adjacent to an activating group) is 1. The minimum Gasteiger partial charge on any atom is -0.465 e. The molecular formula is C42H50N10O8S. The van der Waals surface area contributed by atoms with Crippen LogP contribution in [0.4, 0.5) is 9.59 Å². The van der Waals surface area contributed by atoms with Gasteiger partial charge in [0.1, 0.15) is 33.6 Å². The van der Waals surface area contributed by atoms with E-state index in [4.69, 9.17) is 19.7 Å². The molecule has 0 unspecified atom stereocenters. The van der Waals surface area contributed by atoms with E-state index in [2.05, 4.69) is 20.3 Å². The summed E-state index contributed by atoms with van der Waals surface area (Å²) in [5.74, 6) is 0.172. The lowest BCUT2D eigenvalue weighted by atomic mass is 10.0. The number of likely N-dealkylation sites (tertiary alicyclic amines) is 2. The highest BCUT2D eigenvalue weighted by Gasteiger charge is 2.39. The number of ether oxygens (including phenoxy) is 1. The van der Waals surface area contributed by atoms with Crippen molar-refractivity contribution in [3.63, 3.8) is 0 Å². The number of rotatable bonds is 13. The van der Waals surface area contributed by atoms with Crippen molar-refractivity contribution in [2.45, 2.75) is 70.1 Å². The topological polar surface area (TPSA) is 237 Å². The predicted molar refractivity (Wildman–Crippen MR) is 226 cm³/mol. The van der Waals surface area contributed by atoms with Gasteiger partial charge in [0.2, 0.25) is 11.8 Å². The van der Waals surface area contributed by atoms with E-state index in [9.17, 15) is 32.7 Å². The molecule has 4 amide bonds. The lowest BCUT2D eigenvalue weighted by Crippen LogP contribution is -2.51. The summed E-state index contributed by atoms with van der Waals surface area (Å²) in [6.45, 7) is 4.73. The van der Waals surface area contributed by atoms with Crippen molar-refractivity contribution in [3.8, 4) is 33.8 Å². The Kier molecular flexibility index (Phi) is 12.4. The first kappa shape index (κ1) is 42.7. The zero-order valence-corrected chi connectivity index (χ0v) is 35.5. The van der Waals surface area contributed by atoms with E-state index >= 15 is 0 Å². The number of H-pyrrole nitrogens is 2. The lowest BCUT2D eigenvalue weighted by Gasteiger charge is -2.31. The molecule has 0 bridgehead atoms. The van der Waals surface area contributed by atoms with Crippen LogP contribution in [-0.4, -0.2) is 133 Å². The van der Waals surface area contributed by atoms with E-state index < -0.39 is 46.1 Å². The second-order valence-electron chi connectivity index (χ2n) is 16.0. The number of nitrogens with one attached hydrogen (secondary N) is 3. The molecule has 7 rings (SSSR count). The average Bonchev–Trinajstić information content (AvgIpc) is 4.09. The number of imidazole rings is 2. The number of sulfone groups is 1. The van der Waals surface area contributed by atoms with Gasteiger partial charge in [0.25, 0.3) is 0 Å². The van der Waals surface area contributed by atoms with Crippen molar-refractivity contribution in [2.75, 3.05) is 39.3 Å². The monoisotopic (exact) mass is 854 g/mol. The van der Waals surface area contributed by atoms with E-state index in [0.29, 0.717) is 60.0 Å². The van der Waals surface area contributed by atoms with E-state index in [0.717, 1.165) is 46.4 Å². The molecule has 0 aliphatic carbocycles. The van der Waals surface area contributed by atoms with Crippen molar-refractivity contribution in [2.24, 2.45) is 5.92 Å². The third-order valence-corrected chi connectivity index (χ3v) is 12.4. The first-order valence-corrected chi connectivity index (χ1v) is 22.2. The van der Waals surface area contributed by atoms with Crippen LogP contribution < -0.4 is 5.32 Å². The molecule has 2 aliphatic rings. The summed E-state index contributed by atoms with van der Waals surface area (Å²) in [4.78, 5) is 80.9. The molecule has 18 nitrogen and oxygen atoms in total. The highest BCUT2D eigenvalue weighted by molar-refractivity contribution is 7.90. The number of aromatic amines is 2. The average molecular weight is 855 g/mol. The fourth-order valence-corrected chi connectivity index (χ4v) is 8.73. The summed E-state index contributed by atoms with van der Waals surface area (Å²) in [6.07, 6.45) is 7.06. The summed E-state index contributed by atoms with van der Waals surface area (Å²) < 4.78 is 28.5. The van der Waals surface area contributed by atoms with Gasteiger partial charge in [-0.1, -0.05) is 44.2 Å². The maximum atomic E-state index is 13.7. The number of carbonyl (C=O) groups excluding carboxylic acids is 3. The Morgan fingerprint density at radius 3 is 2.16 bits per heavy atom. The van der Waals surface area contributed by atoms with Crippen LogP contribution in [0.2, 0.25) is 0 Å². The van der Waals surface area contributed by atoms with Gasteiger partial charge in [-0.3, -0.25) is 19.5 Å². The van der Waals surface area contributed by atoms with Crippen LogP contribution >= 0.6 is 0 Å². The van der Waals surface area contributed by atoms with Crippen molar-refractivity contribution >= 4 is 44.9 Å². The Bertz CT molecular complexity index is 2540. The van der Waals surface area contributed by atoms with E-state index in [1.165, 1.54) is 14.2 Å². The number of carboxylic acid groups (broad SMARTS) is 1. The molecule has 2 saturated heterocycles. The van der Waals surface area contributed by atoms with Gasteiger partial charge in [-0.25, -0.2) is 33.0 Å². The van der Waals surface area contributed by atoms with Crippen LogP contribution in [-0.2, 0) is 24.2 Å². The van der Waals surface area contributed by atoms with Gasteiger partial charge in [-0.05, 0) is 50.2 Å². The van der Waals surface area contributed by atoms with Gasteiger partial charge in [0, 0.05) is 49.3 Å². The number of amides is 4. The van der Waals surface area contributed by atoms with Crippen molar-refractivity contribution in [3.05, 3.63) is 72.7 Å². The molecule has 19 heteroatoms. The molecule has 4 atom stereocenters. The van der Waals surface area contributed by atoms with Crippen molar-refractivity contribution in [1.82, 2.24) is 49.9 Å². The molecule has 2 aromatic carbocycles. The molecule has 0 saturated carbocycles. The first-order valence-electron chi connectivity index (χ1n) is 20.2. The predicted octanol–water partition coefficient (Wildman–Crippen LogP) is 5.20. The molecule has 2 fully saturated rings. The van der Waals surface area contributed by atoms with Gasteiger partial charge < -0.3 is 34.9 Å². The maximum Gasteiger partial charge on any atom is 0.407 e. The van der Waals surface area contributed by atoms with Gasteiger partial charge in [-0.15, -0.1) is 0 Å². The molecule has 0 radical (unpaired) electrons. The maximum absolute atomic E-state index is 13.7. The molecular weight excluding hydrogens is 805 g/mol. The first-order chi connectivity index (χ1) is 29.1. The number of methoxy groups -OCH3 is 1. The number of alkyl carbamates (subject to hydrolysis) is 1. The normalized spacial score (nSPS) is 17.7. The highest BCUT2D eigenvalue weighted by Crippen LogP contribution is 2.35. The molecule has 2 aliphatic heterocycles. The number of carbonyl (C=O) groups is 4. The summed E-state index contributed by atoms with van der Waals surface area (Å²) in [7, 11) is -0.872. The molecule has 4 N–H and O–H groups in total. The Hall–Kier alpha value is -6.37. The number of hydrogen-bond acceptors (Lipinski definition) is 11. The van der Waals surface area contributed by atoms with Crippen molar-refractivity contribution < 1.29 is 37.4 Å². The van der Waals surface area contributed by atoms with E-state index in [-0.39, 0.29) is 30.0 Å². The summed E-state index contributed by atoms with van der Waals surface area (Å²) in [6, 6.07) is 11.0. The van der Waals surface area contributed by atoms with Gasteiger partial charge in [-0.2, -0.15) is 0 Å². The van der Waals surface area contributed by atoms with Gasteiger partial charge in [0.15, 0.2) is 0 Å². The Morgan fingerprint density at radius 2 is 1.52 bits per heavy atom. The largest absolute Gasteiger partial charge is 0.465 e. The standard InChI is InChI=1S/C42H50N10O8S/c1-24(2)36(49-41(55)60-4)40(54)52-18-7-9-34(52)38-44-22-31(47-38)26-12-10-25(11-13-26)30-21-43-29-20-27(14-15-28(29)46-30)32-23-45-37(48-32)33-8-6-17-51(33)39(53)35(50(3)42(56)57)16-19-61(5,58)59/h10-15,20-24,33-36H,6-9,16-19H2,1-5H3,(H,44,47)(H,45,48)(H,49,55)(H,56,57)/t33-,34-,35-,36-/m0/s1. The SMILES string of the molecule is COC(=O)N[C@H](C(=O)N1CCC[C@H]1c1nc(-c2ccc(-c3cnc4cc(-c5cnc([C@@H]6CCCN6C(=O)[C@H](CCS(C)(=O)=O)N(C)C(=O)O)[nH]5)ccc4n3)cc2)c[nH]1)C(C)C. The Balaban J connectivity index is 1.03.